The Morgan fingerprint density at radius 2 is 2.04 bits per heavy atom. The molecule has 7 heteroatoms. The summed E-state index contributed by atoms with van der Waals surface area (Å²) in [5.41, 5.74) is 4.08. The number of para-hydroxylation sites is 1. The van der Waals surface area contributed by atoms with E-state index in [9.17, 15) is 4.79 Å². The summed E-state index contributed by atoms with van der Waals surface area (Å²) in [6.07, 6.45) is 1.71. The molecule has 0 amide bonds. The van der Waals surface area contributed by atoms with Crippen molar-refractivity contribution in [2.75, 3.05) is 24.2 Å². The Morgan fingerprint density at radius 3 is 2.78 bits per heavy atom. The third-order valence-corrected chi connectivity index (χ3v) is 5.59. The molecule has 1 aliphatic heterocycles. The van der Waals surface area contributed by atoms with Crippen molar-refractivity contribution in [1.29, 1.82) is 0 Å². The molecule has 1 aliphatic rings. The highest BCUT2D eigenvalue weighted by atomic mass is 35.5. The van der Waals surface area contributed by atoms with Crippen molar-refractivity contribution in [2.45, 2.75) is 12.5 Å². The average Bonchev–Trinajstić information content (AvgIpc) is 3.08. The first-order valence-electron chi connectivity index (χ1n) is 8.67. The second kappa shape index (κ2) is 7.25. The minimum atomic E-state index is 0.0279. The molecule has 0 aliphatic carbocycles. The number of fused-ring (bicyclic) bond motifs is 1. The van der Waals surface area contributed by atoms with Crippen LogP contribution in [-0.4, -0.2) is 29.7 Å². The molecule has 27 heavy (non-hydrogen) atoms. The van der Waals surface area contributed by atoms with Gasteiger partial charge in [0.25, 0.3) is 0 Å². The van der Waals surface area contributed by atoms with Crippen LogP contribution in [0.1, 0.15) is 28.4 Å². The molecule has 0 bridgehead atoms. The normalized spacial score (nSPS) is 15.7. The van der Waals surface area contributed by atoms with Crippen LogP contribution >= 0.6 is 23.2 Å². The predicted molar refractivity (Wildman–Crippen MR) is 110 cm³/mol. The molecule has 2 N–H and O–H groups in total. The first-order valence-corrected chi connectivity index (χ1v) is 9.43. The van der Waals surface area contributed by atoms with Gasteiger partial charge in [-0.25, -0.2) is 4.68 Å². The Balaban J connectivity index is 1.88. The Morgan fingerprint density at radius 1 is 1.22 bits per heavy atom. The van der Waals surface area contributed by atoms with E-state index < -0.39 is 0 Å². The van der Waals surface area contributed by atoms with E-state index in [4.69, 9.17) is 28.3 Å². The van der Waals surface area contributed by atoms with E-state index in [1.807, 2.05) is 36.0 Å². The number of carbonyl (C=O) groups excluding carboxylic acids is 1. The summed E-state index contributed by atoms with van der Waals surface area (Å²) < 4.78 is 1.90. The lowest BCUT2D eigenvalue weighted by molar-refractivity contribution is 0.112. The zero-order valence-corrected chi connectivity index (χ0v) is 16.2. The molecule has 4 rings (SSSR count). The number of hydrogen-bond acceptors (Lipinski definition) is 4. The molecule has 0 radical (unpaired) electrons. The maximum absolute atomic E-state index is 11.9. The van der Waals surface area contributed by atoms with Crippen molar-refractivity contribution in [3.05, 3.63) is 63.6 Å². The Labute approximate surface area is 167 Å². The standard InChI is InChI=1S/C20H18Cl2N4O/c1-23-17-5-3-2-4-13(17)18-8-9-24-20-14(11-27)19(25-26(18)20)12-6-7-15(21)16(22)10-12/h2-7,10-11,18,23-24H,8-9H2,1H3. The molecule has 0 saturated carbocycles. The second-order valence-electron chi connectivity index (χ2n) is 6.37. The molecule has 3 aromatic rings. The molecule has 2 aromatic carbocycles. The van der Waals surface area contributed by atoms with Gasteiger partial charge in [-0.1, -0.05) is 47.5 Å². The molecule has 0 spiro atoms. The summed E-state index contributed by atoms with van der Waals surface area (Å²) in [4.78, 5) is 11.9. The molecule has 1 unspecified atom stereocenters. The maximum atomic E-state index is 11.9. The zero-order chi connectivity index (χ0) is 19.0. The summed E-state index contributed by atoms with van der Waals surface area (Å²) in [6.45, 7) is 0.760. The van der Waals surface area contributed by atoms with Crippen LogP contribution in [0.15, 0.2) is 42.5 Å². The van der Waals surface area contributed by atoms with Crippen LogP contribution in [0.2, 0.25) is 10.0 Å². The fourth-order valence-corrected chi connectivity index (χ4v) is 3.87. The second-order valence-corrected chi connectivity index (χ2v) is 7.19. The fraction of sp³-hybridized carbons (Fsp3) is 0.200. The Bertz CT molecular complexity index is 1020. The molecular weight excluding hydrogens is 383 g/mol. The van der Waals surface area contributed by atoms with Gasteiger partial charge in [-0.15, -0.1) is 0 Å². The van der Waals surface area contributed by atoms with Crippen molar-refractivity contribution >= 4 is 41.0 Å². The number of aromatic nitrogens is 2. The average molecular weight is 401 g/mol. The molecule has 2 heterocycles. The van der Waals surface area contributed by atoms with Crippen molar-refractivity contribution < 1.29 is 4.79 Å². The summed E-state index contributed by atoms with van der Waals surface area (Å²) in [5, 5.41) is 12.3. The van der Waals surface area contributed by atoms with Gasteiger partial charge in [0.15, 0.2) is 6.29 Å². The maximum Gasteiger partial charge on any atom is 0.156 e. The summed E-state index contributed by atoms with van der Waals surface area (Å²) in [5.74, 6) is 0.730. The molecular formula is C20H18Cl2N4O. The smallest absolute Gasteiger partial charge is 0.156 e. The van der Waals surface area contributed by atoms with Gasteiger partial charge in [-0.3, -0.25) is 4.79 Å². The monoisotopic (exact) mass is 400 g/mol. The number of carbonyl (C=O) groups is 1. The van der Waals surface area contributed by atoms with Gasteiger partial charge in [-0.2, -0.15) is 5.10 Å². The van der Waals surface area contributed by atoms with E-state index >= 15 is 0 Å². The van der Waals surface area contributed by atoms with Gasteiger partial charge >= 0.3 is 0 Å². The largest absolute Gasteiger partial charge is 0.388 e. The Kier molecular flexibility index (Phi) is 4.81. The third-order valence-electron chi connectivity index (χ3n) is 4.85. The van der Waals surface area contributed by atoms with E-state index in [0.717, 1.165) is 41.9 Å². The molecule has 1 atom stereocenters. The number of halogens is 2. The lowest BCUT2D eigenvalue weighted by Crippen LogP contribution is -2.25. The number of benzene rings is 2. The number of hydrogen-bond donors (Lipinski definition) is 2. The van der Waals surface area contributed by atoms with Crippen LogP contribution in [0.25, 0.3) is 11.3 Å². The molecule has 5 nitrogen and oxygen atoms in total. The van der Waals surface area contributed by atoms with Gasteiger partial charge in [0.1, 0.15) is 11.5 Å². The minimum Gasteiger partial charge on any atom is -0.388 e. The van der Waals surface area contributed by atoms with Gasteiger partial charge in [-0.05, 0) is 30.2 Å². The van der Waals surface area contributed by atoms with E-state index in [2.05, 4.69) is 16.7 Å². The van der Waals surface area contributed by atoms with Gasteiger partial charge in [0, 0.05) is 24.8 Å². The van der Waals surface area contributed by atoms with Crippen LogP contribution in [0.4, 0.5) is 11.5 Å². The fourth-order valence-electron chi connectivity index (χ4n) is 3.57. The number of anilines is 2. The van der Waals surface area contributed by atoms with E-state index in [-0.39, 0.29) is 6.04 Å². The molecule has 138 valence electrons. The summed E-state index contributed by atoms with van der Waals surface area (Å²) >= 11 is 12.2. The quantitative estimate of drug-likeness (QED) is 0.596. The van der Waals surface area contributed by atoms with Crippen molar-refractivity contribution in [3.63, 3.8) is 0 Å². The summed E-state index contributed by atoms with van der Waals surface area (Å²) in [7, 11) is 1.90. The first kappa shape index (κ1) is 17.9. The predicted octanol–water partition coefficient (Wildman–Crippen LogP) is 5.12. The Hall–Kier alpha value is -2.50. The first-order chi connectivity index (χ1) is 13.1. The van der Waals surface area contributed by atoms with Crippen molar-refractivity contribution in [1.82, 2.24) is 9.78 Å². The van der Waals surface area contributed by atoms with Gasteiger partial charge in [0.2, 0.25) is 0 Å². The zero-order valence-electron chi connectivity index (χ0n) is 14.7. The van der Waals surface area contributed by atoms with Gasteiger partial charge in [0.05, 0.1) is 21.7 Å². The van der Waals surface area contributed by atoms with Crippen LogP contribution in [0.3, 0.4) is 0 Å². The third kappa shape index (κ3) is 3.07. The molecule has 0 saturated heterocycles. The van der Waals surface area contributed by atoms with Crippen LogP contribution in [-0.2, 0) is 0 Å². The highest BCUT2D eigenvalue weighted by molar-refractivity contribution is 6.42. The van der Waals surface area contributed by atoms with Crippen LogP contribution in [0.5, 0.6) is 0 Å². The lowest BCUT2D eigenvalue weighted by atomic mass is 10.00. The van der Waals surface area contributed by atoms with Gasteiger partial charge < -0.3 is 10.6 Å². The number of nitrogens with zero attached hydrogens (tertiary/aromatic N) is 2. The van der Waals surface area contributed by atoms with Crippen LogP contribution in [0, 0.1) is 0 Å². The number of aldehydes is 1. The lowest BCUT2D eigenvalue weighted by Gasteiger charge is -2.27. The molecule has 1 aromatic heterocycles. The van der Waals surface area contributed by atoms with E-state index in [1.54, 1.807) is 12.1 Å². The molecule has 0 fully saturated rings. The van der Waals surface area contributed by atoms with E-state index in [0.29, 0.717) is 21.3 Å². The number of nitrogens with one attached hydrogen (secondary N) is 2. The van der Waals surface area contributed by atoms with Crippen molar-refractivity contribution in [2.24, 2.45) is 0 Å². The summed E-state index contributed by atoms with van der Waals surface area (Å²) in [6, 6.07) is 13.5. The highest BCUT2D eigenvalue weighted by Crippen LogP contribution is 2.39. The number of rotatable bonds is 4. The topological polar surface area (TPSA) is 58.9 Å². The van der Waals surface area contributed by atoms with Crippen molar-refractivity contribution in [3.8, 4) is 11.3 Å². The van der Waals surface area contributed by atoms with Crippen LogP contribution < -0.4 is 10.6 Å². The minimum absolute atomic E-state index is 0.0279. The van der Waals surface area contributed by atoms with E-state index in [1.165, 1.54) is 0 Å². The SMILES string of the molecule is CNc1ccccc1C1CCNc2c(C=O)c(-c3ccc(Cl)c(Cl)c3)nn21. The highest BCUT2D eigenvalue weighted by Gasteiger charge is 2.29.